The summed E-state index contributed by atoms with van der Waals surface area (Å²) >= 11 is 3.33. The fraction of sp³-hybridized carbons (Fsp3) is 0.188. The largest absolute Gasteiger partial charge is 0.343 e. The number of rotatable bonds is 3. The van der Waals surface area contributed by atoms with Crippen LogP contribution >= 0.6 is 15.9 Å². The lowest BCUT2D eigenvalue weighted by atomic mass is 9.94. The highest BCUT2D eigenvalue weighted by Gasteiger charge is 2.23. The normalized spacial score (nSPS) is 11.2. The molecule has 0 aliphatic carbocycles. The topological polar surface area (TPSA) is 29.1 Å². The third-order valence-corrected chi connectivity index (χ3v) is 3.63. The Morgan fingerprint density at radius 2 is 1.60 bits per heavy atom. The minimum Gasteiger partial charge on any atom is -0.343 e. The molecule has 0 unspecified atom stereocenters. The Hall–Kier alpha value is -1.68. The molecule has 104 valence electrons. The van der Waals surface area contributed by atoms with Crippen LogP contribution in [0.4, 0.5) is 4.39 Å². The molecule has 0 saturated carbocycles. The molecular formula is C16H15BrFNO. The van der Waals surface area contributed by atoms with Crippen molar-refractivity contribution in [1.82, 2.24) is 5.32 Å². The first-order valence-corrected chi connectivity index (χ1v) is 7.02. The van der Waals surface area contributed by atoms with E-state index in [1.165, 1.54) is 12.1 Å². The van der Waals surface area contributed by atoms with Crippen LogP contribution in [0.25, 0.3) is 0 Å². The van der Waals surface area contributed by atoms with Crippen LogP contribution < -0.4 is 5.32 Å². The van der Waals surface area contributed by atoms with Crippen molar-refractivity contribution in [2.75, 3.05) is 0 Å². The van der Waals surface area contributed by atoms with E-state index in [9.17, 15) is 9.18 Å². The summed E-state index contributed by atoms with van der Waals surface area (Å²) in [4.78, 5) is 12.2. The zero-order valence-electron chi connectivity index (χ0n) is 11.3. The molecule has 0 saturated heterocycles. The average Bonchev–Trinajstić information content (AvgIpc) is 2.39. The van der Waals surface area contributed by atoms with Gasteiger partial charge in [-0.25, -0.2) is 4.39 Å². The number of carbonyl (C=O) groups is 1. The fourth-order valence-electron chi connectivity index (χ4n) is 1.90. The van der Waals surface area contributed by atoms with E-state index in [2.05, 4.69) is 21.2 Å². The van der Waals surface area contributed by atoms with Crippen LogP contribution in [0.2, 0.25) is 0 Å². The van der Waals surface area contributed by atoms with Gasteiger partial charge < -0.3 is 5.32 Å². The number of carbonyl (C=O) groups excluding carboxylic acids is 1. The van der Waals surface area contributed by atoms with Gasteiger partial charge in [0.1, 0.15) is 5.82 Å². The predicted molar refractivity (Wildman–Crippen MR) is 81.0 cm³/mol. The molecule has 20 heavy (non-hydrogen) atoms. The Morgan fingerprint density at radius 1 is 1.05 bits per heavy atom. The summed E-state index contributed by atoms with van der Waals surface area (Å²) in [6.07, 6.45) is 0. The predicted octanol–water partition coefficient (Wildman–Crippen LogP) is 4.25. The molecule has 2 rings (SSSR count). The van der Waals surface area contributed by atoms with Crippen LogP contribution in [-0.4, -0.2) is 5.91 Å². The van der Waals surface area contributed by atoms with Gasteiger partial charge in [0.2, 0.25) is 0 Å². The van der Waals surface area contributed by atoms with Crippen molar-refractivity contribution in [3.05, 3.63) is 69.9 Å². The van der Waals surface area contributed by atoms with E-state index >= 15 is 0 Å². The molecule has 1 amide bonds. The SMILES string of the molecule is CC(C)(NC(=O)c1ccc(Br)cc1)c1ccc(F)cc1. The van der Waals surface area contributed by atoms with Crippen LogP contribution in [0.15, 0.2) is 53.0 Å². The summed E-state index contributed by atoms with van der Waals surface area (Å²) in [5.74, 6) is -0.449. The highest BCUT2D eigenvalue weighted by Crippen LogP contribution is 2.21. The molecule has 2 aromatic carbocycles. The van der Waals surface area contributed by atoms with Gasteiger partial charge in [-0.15, -0.1) is 0 Å². The van der Waals surface area contributed by atoms with E-state index in [0.717, 1.165) is 10.0 Å². The van der Waals surface area contributed by atoms with Gasteiger partial charge in [-0.2, -0.15) is 0 Å². The molecule has 0 heterocycles. The van der Waals surface area contributed by atoms with Crippen molar-refractivity contribution in [3.63, 3.8) is 0 Å². The number of amides is 1. The molecule has 4 heteroatoms. The number of nitrogens with one attached hydrogen (secondary N) is 1. The number of halogens is 2. The molecule has 1 N–H and O–H groups in total. The van der Waals surface area contributed by atoms with Gasteiger partial charge >= 0.3 is 0 Å². The second-order valence-electron chi connectivity index (χ2n) is 5.09. The molecule has 0 aliphatic heterocycles. The molecular weight excluding hydrogens is 321 g/mol. The molecule has 0 aromatic heterocycles. The fourth-order valence-corrected chi connectivity index (χ4v) is 2.16. The Morgan fingerprint density at radius 3 is 2.15 bits per heavy atom. The van der Waals surface area contributed by atoms with Gasteiger partial charge in [0, 0.05) is 10.0 Å². The van der Waals surface area contributed by atoms with Crippen molar-refractivity contribution in [3.8, 4) is 0 Å². The molecule has 0 aliphatic rings. The zero-order chi connectivity index (χ0) is 14.8. The molecule has 2 nitrogen and oxygen atoms in total. The van der Waals surface area contributed by atoms with Gasteiger partial charge in [-0.3, -0.25) is 4.79 Å². The summed E-state index contributed by atoms with van der Waals surface area (Å²) in [7, 11) is 0. The maximum absolute atomic E-state index is 12.9. The third-order valence-electron chi connectivity index (χ3n) is 3.10. The molecule has 0 spiro atoms. The minimum atomic E-state index is -0.572. The first-order valence-electron chi connectivity index (χ1n) is 6.22. The molecule has 0 bridgehead atoms. The summed E-state index contributed by atoms with van der Waals surface area (Å²) in [5.41, 5.74) is 0.866. The van der Waals surface area contributed by atoms with Gasteiger partial charge in [0.15, 0.2) is 0 Å². The summed E-state index contributed by atoms with van der Waals surface area (Å²) in [6.45, 7) is 3.77. The van der Waals surface area contributed by atoms with E-state index in [-0.39, 0.29) is 11.7 Å². The Kier molecular flexibility index (Phi) is 4.23. The van der Waals surface area contributed by atoms with Crippen LogP contribution in [0.3, 0.4) is 0 Å². The van der Waals surface area contributed by atoms with Crippen LogP contribution in [0.1, 0.15) is 29.8 Å². The van der Waals surface area contributed by atoms with E-state index in [1.807, 2.05) is 26.0 Å². The van der Waals surface area contributed by atoms with Gasteiger partial charge in [-0.05, 0) is 55.8 Å². The number of hydrogen-bond acceptors (Lipinski definition) is 1. The second-order valence-corrected chi connectivity index (χ2v) is 6.01. The smallest absolute Gasteiger partial charge is 0.251 e. The van der Waals surface area contributed by atoms with Crippen molar-refractivity contribution in [1.29, 1.82) is 0 Å². The molecule has 0 fully saturated rings. The zero-order valence-corrected chi connectivity index (χ0v) is 12.9. The number of hydrogen-bond donors (Lipinski definition) is 1. The maximum atomic E-state index is 12.9. The van der Waals surface area contributed by atoms with E-state index in [0.29, 0.717) is 5.56 Å². The maximum Gasteiger partial charge on any atom is 0.251 e. The quantitative estimate of drug-likeness (QED) is 0.892. The molecule has 2 aromatic rings. The summed E-state index contributed by atoms with van der Waals surface area (Å²) in [6, 6.07) is 13.3. The van der Waals surface area contributed by atoms with Gasteiger partial charge in [0.05, 0.1) is 5.54 Å². The molecule has 0 atom stereocenters. The van der Waals surface area contributed by atoms with Crippen molar-refractivity contribution in [2.45, 2.75) is 19.4 Å². The first kappa shape index (κ1) is 14.7. The van der Waals surface area contributed by atoms with Crippen molar-refractivity contribution in [2.24, 2.45) is 0 Å². The molecule has 0 radical (unpaired) electrons. The van der Waals surface area contributed by atoms with E-state index in [1.54, 1.807) is 24.3 Å². The van der Waals surface area contributed by atoms with Crippen LogP contribution in [0, 0.1) is 5.82 Å². The van der Waals surface area contributed by atoms with E-state index < -0.39 is 5.54 Å². The van der Waals surface area contributed by atoms with Crippen molar-refractivity contribution >= 4 is 21.8 Å². The van der Waals surface area contributed by atoms with Crippen molar-refractivity contribution < 1.29 is 9.18 Å². The highest BCUT2D eigenvalue weighted by atomic mass is 79.9. The van der Waals surface area contributed by atoms with Gasteiger partial charge in [-0.1, -0.05) is 28.1 Å². The number of benzene rings is 2. The highest BCUT2D eigenvalue weighted by molar-refractivity contribution is 9.10. The standard InChI is InChI=1S/C16H15BrFNO/c1-16(2,12-5-9-14(18)10-6-12)19-15(20)11-3-7-13(17)8-4-11/h3-10H,1-2H3,(H,19,20). The van der Waals surface area contributed by atoms with Gasteiger partial charge in [0.25, 0.3) is 5.91 Å². The lowest BCUT2D eigenvalue weighted by Crippen LogP contribution is -2.40. The lowest BCUT2D eigenvalue weighted by molar-refractivity contribution is 0.0912. The second kappa shape index (κ2) is 5.75. The Labute approximate surface area is 126 Å². The average molecular weight is 336 g/mol. The lowest BCUT2D eigenvalue weighted by Gasteiger charge is -2.27. The van der Waals surface area contributed by atoms with Crippen LogP contribution in [-0.2, 0) is 5.54 Å². The Balaban J connectivity index is 2.17. The van der Waals surface area contributed by atoms with Crippen LogP contribution in [0.5, 0.6) is 0 Å². The Bertz CT molecular complexity index is 605. The summed E-state index contributed by atoms with van der Waals surface area (Å²) < 4.78 is 13.9. The monoisotopic (exact) mass is 335 g/mol. The first-order chi connectivity index (χ1) is 9.38. The minimum absolute atomic E-state index is 0.160. The summed E-state index contributed by atoms with van der Waals surface area (Å²) in [5, 5.41) is 2.95. The van der Waals surface area contributed by atoms with E-state index in [4.69, 9.17) is 0 Å². The third kappa shape index (κ3) is 3.45.